The van der Waals surface area contributed by atoms with E-state index in [2.05, 4.69) is 10.6 Å². The van der Waals surface area contributed by atoms with Crippen molar-refractivity contribution in [1.82, 2.24) is 15.5 Å². The van der Waals surface area contributed by atoms with Gasteiger partial charge in [0.15, 0.2) is 0 Å². The number of amides is 2. The lowest BCUT2D eigenvalue weighted by Crippen LogP contribution is -2.46. The Morgan fingerprint density at radius 2 is 2.03 bits per heavy atom. The third-order valence-electron chi connectivity index (χ3n) is 6.67. The summed E-state index contributed by atoms with van der Waals surface area (Å²) in [5.74, 6) is -0.580. The van der Waals surface area contributed by atoms with E-state index in [4.69, 9.17) is 4.74 Å². The van der Waals surface area contributed by atoms with Gasteiger partial charge in [0.05, 0.1) is 18.4 Å². The number of nitrogens with zero attached hydrogens (tertiary/aromatic N) is 1. The molecule has 0 aromatic heterocycles. The number of alkyl halides is 1. The van der Waals surface area contributed by atoms with E-state index in [-0.39, 0.29) is 30.8 Å². The summed E-state index contributed by atoms with van der Waals surface area (Å²) >= 11 is 0. The molecule has 2 atom stereocenters. The van der Waals surface area contributed by atoms with Gasteiger partial charge in [0, 0.05) is 19.5 Å². The summed E-state index contributed by atoms with van der Waals surface area (Å²) in [6.07, 6.45) is 4.70. The van der Waals surface area contributed by atoms with Gasteiger partial charge in [-0.1, -0.05) is 12.1 Å². The number of carboxylic acids is 1. The molecular formula is C25H36FN3O5. The first-order valence-corrected chi connectivity index (χ1v) is 12.3. The molecule has 8 nitrogen and oxygen atoms in total. The fourth-order valence-electron chi connectivity index (χ4n) is 4.77. The SMILES string of the molecule is O=C(O)C[C@H](NC(=O)[C@@H]1CCCN(C(=O)CCC2CCNCC2)C1)c1cccc(OCCF)c1. The number of nitrogens with one attached hydrogen (secondary N) is 2. The van der Waals surface area contributed by atoms with Crippen LogP contribution in [0.2, 0.25) is 0 Å². The molecule has 3 rings (SSSR count). The van der Waals surface area contributed by atoms with Crippen LogP contribution in [0.3, 0.4) is 0 Å². The van der Waals surface area contributed by atoms with Gasteiger partial charge in [-0.3, -0.25) is 14.4 Å². The molecule has 2 aliphatic rings. The van der Waals surface area contributed by atoms with Crippen molar-refractivity contribution >= 4 is 17.8 Å². The molecule has 0 spiro atoms. The zero-order valence-corrected chi connectivity index (χ0v) is 19.6. The first kappa shape index (κ1) is 25.9. The monoisotopic (exact) mass is 477 g/mol. The average Bonchev–Trinajstić information content (AvgIpc) is 2.86. The largest absolute Gasteiger partial charge is 0.491 e. The highest BCUT2D eigenvalue weighted by Crippen LogP contribution is 2.25. The van der Waals surface area contributed by atoms with Gasteiger partial charge in [-0.2, -0.15) is 0 Å². The number of benzene rings is 1. The van der Waals surface area contributed by atoms with E-state index in [1.54, 1.807) is 29.2 Å². The Balaban J connectivity index is 1.57. The molecule has 2 amide bonds. The number of likely N-dealkylation sites (tertiary alicyclic amines) is 1. The van der Waals surface area contributed by atoms with Crippen molar-refractivity contribution < 1.29 is 28.6 Å². The highest BCUT2D eigenvalue weighted by molar-refractivity contribution is 5.82. The second-order valence-electron chi connectivity index (χ2n) is 9.18. The Bertz CT molecular complexity index is 831. The van der Waals surface area contributed by atoms with Crippen LogP contribution in [0, 0.1) is 11.8 Å². The molecule has 3 N–H and O–H groups in total. The minimum Gasteiger partial charge on any atom is -0.491 e. The van der Waals surface area contributed by atoms with Gasteiger partial charge in [-0.15, -0.1) is 0 Å². The predicted molar refractivity (Wildman–Crippen MR) is 125 cm³/mol. The Kier molecular flexibility index (Phi) is 10.1. The third kappa shape index (κ3) is 7.97. The van der Waals surface area contributed by atoms with Crippen LogP contribution in [0.5, 0.6) is 5.75 Å². The van der Waals surface area contributed by atoms with Crippen LogP contribution in [0.4, 0.5) is 4.39 Å². The number of piperidine rings is 2. The van der Waals surface area contributed by atoms with Gasteiger partial charge in [0.25, 0.3) is 0 Å². The highest BCUT2D eigenvalue weighted by Gasteiger charge is 2.30. The van der Waals surface area contributed by atoms with Crippen molar-refractivity contribution in [2.45, 2.75) is 51.0 Å². The van der Waals surface area contributed by atoms with Crippen LogP contribution in [-0.4, -0.2) is 67.3 Å². The molecule has 2 saturated heterocycles. The van der Waals surface area contributed by atoms with Crippen molar-refractivity contribution in [1.29, 1.82) is 0 Å². The van der Waals surface area contributed by atoms with E-state index in [9.17, 15) is 23.9 Å². The second-order valence-corrected chi connectivity index (χ2v) is 9.18. The van der Waals surface area contributed by atoms with Crippen LogP contribution in [0.25, 0.3) is 0 Å². The normalized spacial score (nSPS) is 19.9. The van der Waals surface area contributed by atoms with Crippen molar-refractivity contribution in [3.8, 4) is 5.75 Å². The second kappa shape index (κ2) is 13.3. The lowest BCUT2D eigenvalue weighted by atomic mass is 9.92. The van der Waals surface area contributed by atoms with Crippen molar-refractivity contribution in [2.75, 3.05) is 39.5 Å². The van der Waals surface area contributed by atoms with E-state index in [0.29, 0.717) is 43.2 Å². The van der Waals surface area contributed by atoms with Crippen molar-refractivity contribution in [3.05, 3.63) is 29.8 Å². The maximum atomic E-state index is 13.1. The molecule has 1 aromatic rings. The number of hydrogen-bond donors (Lipinski definition) is 3. The van der Waals surface area contributed by atoms with Crippen LogP contribution in [0.15, 0.2) is 24.3 Å². The summed E-state index contributed by atoms with van der Waals surface area (Å²) in [7, 11) is 0. The molecule has 0 unspecified atom stereocenters. The van der Waals surface area contributed by atoms with Gasteiger partial charge in [0.2, 0.25) is 11.8 Å². The first-order valence-electron chi connectivity index (χ1n) is 12.3. The molecule has 0 aliphatic carbocycles. The number of ether oxygens (including phenoxy) is 1. The van der Waals surface area contributed by atoms with Gasteiger partial charge in [-0.25, -0.2) is 4.39 Å². The lowest BCUT2D eigenvalue weighted by molar-refractivity contribution is -0.138. The number of carbonyl (C=O) groups excluding carboxylic acids is 2. The molecule has 9 heteroatoms. The molecule has 34 heavy (non-hydrogen) atoms. The Hall–Kier alpha value is -2.68. The molecule has 2 aliphatic heterocycles. The number of aliphatic carboxylic acids is 1. The quantitative estimate of drug-likeness (QED) is 0.452. The Morgan fingerprint density at radius 3 is 2.76 bits per heavy atom. The van der Waals surface area contributed by atoms with Gasteiger partial charge < -0.3 is 25.4 Å². The molecule has 188 valence electrons. The lowest BCUT2D eigenvalue weighted by Gasteiger charge is -2.33. The minimum atomic E-state index is -1.04. The summed E-state index contributed by atoms with van der Waals surface area (Å²) in [6, 6.07) is 5.94. The topological polar surface area (TPSA) is 108 Å². The summed E-state index contributed by atoms with van der Waals surface area (Å²) in [5.41, 5.74) is 0.581. The van der Waals surface area contributed by atoms with Crippen LogP contribution in [-0.2, 0) is 14.4 Å². The highest BCUT2D eigenvalue weighted by atomic mass is 19.1. The maximum Gasteiger partial charge on any atom is 0.305 e. The number of hydrogen-bond acceptors (Lipinski definition) is 5. The fourth-order valence-corrected chi connectivity index (χ4v) is 4.77. The molecule has 0 bridgehead atoms. The maximum absolute atomic E-state index is 13.1. The summed E-state index contributed by atoms with van der Waals surface area (Å²) < 4.78 is 17.7. The number of rotatable bonds is 11. The van der Waals surface area contributed by atoms with Crippen molar-refractivity contribution in [2.24, 2.45) is 11.8 Å². The zero-order valence-electron chi connectivity index (χ0n) is 19.6. The number of carboxylic acid groups (broad SMARTS) is 1. The Morgan fingerprint density at radius 1 is 1.24 bits per heavy atom. The van der Waals surface area contributed by atoms with Crippen LogP contribution >= 0.6 is 0 Å². The van der Waals surface area contributed by atoms with E-state index in [0.717, 1.165) is 38.8 Å². The van der Waals surface area contributed by atoms with E-state index in [1.807, 2.05) is 0 Å². The first-order chi connectivity index (χ1) is 16.5. The smallest absolute Gasteiger partial charge is 0.305 e. The standard InChI is InChI=1S/C25H36FN3O5/c26-10-14-34-21-5-1-3-19(15-21)22(16-24(31)32)28-25(33)20-4-2-13-29(17-20)23(30)7-6-18-8-11-27-12-9-18/h1,3,5,15,18,20,22,27H,2,4,6-14,16-17H2,(H,28,33)(H,31,32)/t20-,22+/m1/s1. The summed E-state index contributed by atoms with van der Waals surface area (Å²) in [4.78, 5) is 39.1. The predicted octanol–water partition coefficient (Wildman–Crippen LogP) is 2.69. The molecule has 1 aromatic carbocycles. The van der Waals surface area contributed by atoms with Crippen LogP contribution in [0.1, 0.15) is 56.6 Å². The van der Waals surface area contributed by atoms with Crippen LogP contribution < -0.4 is 15.4 Å². The molecule has 2 heterocycles. The minimum absolute atomic E-state index is 0.0934. The van der Waals surface area contributed by atoms with Gasteiger partial charge >= 0.3 is 5.97 Å². The van der Waals surface area contributed by atoms with Crippen molar-refractivity contribution in [3.63, 3.8) is 0 Å². The fraction of sp³-hybridized carbons (Fsp3) is 0.640. The molecule has 0 radical (unpaired) electrons. The zero-order chi connectivity index (χ0) is 24.3. The molecule has 2 fully saturated rings. The Labute approximate surface area is 200 Å². The van der Waals surface area contributed by atoms with E-state index < -0.39 is 18.7 Å². The molecule has 0 saturated carbocycles. The molecular weight excluding hydrogens is 441 g/mol. The van der Waals surface area contributed by atoms with E-state index in [1.165, 1.54) is 0 Å². The number of carbonyl (C=O) groups is 3. The van der Waals surface area contributed by atoms with Gasteiger partial charge in [0.1, 0.15) is 19.0 Å². The number of halogens is 1. The van der Waals surface area contributed by atoms with E-state index >= 15 is 0 Å². The van der Waals surface area contributed by atoms with Gasteiger partial charge in [-0.05, 0) is 68.8 Å². The third-order valence-corrected chi connectivity index (χ3v) is 6.67. The average molecular weight is 478 g/mol. The summed E-state index contributed by atoms with van der Waals surface area (Å²) in [6.45, 7) is 2.30. The summed E-state index contributed by atoms with van der Waals surface area (Å²) in [5, 5.41) is 15.6.